The number of aliphatic hydroxyl groups is 1. The van der Waals surface area contributed by atoms with Gasteiger partial charge in [-0.1, -0.05) is 18.2 Å². The van der Waals surface area contributed by atoms with E-state index in [0.29, 0.717) is 28.6 Å². The molecule has 0 bridgehead atoms. The van der Waals surface area contributed by atoms with Gasteiger partial charge in [-0.25, -0.2) is 9.18 Å². The molecule has 32 heavy (non-hydrogen) atoms. The third-order valence-electron chi connectivity index (χ3n) is 5.24. The monoisotopic (exact) mass is 439 g/mol. The van der Waals surface area contributed by atoms with Gasteiger partial charge in [0, 0.05) is 24.0 Å². The summed E-state index contributed by atoms with van der Waals surface area (Å²) in [5, 5.41) is 15.2. The first-order valence-electron chi connectivity index (χ1n) is 10.0. The van der Waals surface area contributed by atoms with Crippen LogP contribution in [-0.2, 0) is 11.2 Å². The maximum atomic E-state index is 14.2. The van der Waals surface area contributed by atoms with Crippen LogP contribution in [-0.4, -0.2) is 45.7 Å². The van der Waals surface area contributed by atoms with Crippen LogP contribution in [0.4, 0.5) is 9.18 Å². The number of pyridine rings is 1. The predicted octanol–water partition coefficient (Wildman–Crippen LogP) is 1.14. The molecule has 1 aliphatic carbocycles. The highest BCUT2D eigenvalue weighted by Crippen LogP contribution is 2.27. The summed E-state index contributed by atoms with van der Waals surface area (Å²) in [5.41, 5.74) is 7.63. The molecule has 10 heteroatoms. The number of nitrogens with two attached hydrogens (primary N) is 1. The zero-order valence-electron chi connectivity index (χ0n) is 16.9. The Morgan fingerprint density at radius 2 is 2.09 bits per heavy atom. The molecule has 0 aliphatic heterocycles. The fourth-order valence-corrected chi connectivity index (χ4v) is 3.71. The van der Waals surface area contributed by atoms with Crippen LogP contribution in [0.5, 0.6) is 0 Å². The normalized spacial score (nSPS) is 15.9. The van der Waals surface area contributed by atoms with Gasteiger partial charge in [-0.3, -0.25) is 9.59 Å². The zero-order valence-corrected chi connectivity index (χ0v) is 16.9. The Bertz CT molecular complexity index is 1280. The van der Waals surface area contributed by atoms with Crippen molar-refractivity contribution in [3.8, 4) is 11.3 Å². The average Bonchev–Trinajstić information content (AvgIpc) is 3.14. The summed E-state index contributed by atoms with van der Waals surface area (Å²) in [6, 6.07) is 7.01. The van der Waals surface area contributed by atoms with Crippen LogP contribution < -0.4 is 21.9 Å². The predicted molar refractivity (Wildman–Crippen MR) is 117 cm³/mol. The number of fused-ring (bicyclic) bond motifs is 2. The smallest absolute Gasteiger partial charge is 0.315 e. The number of halogens is 1. The van der Waals surface area contributed by atoms with Gasteiger partial charge in [-0.2, -0.15) is 0 Å². The van der Waals surface area contributed by atoms with Crippen molar-refractivity contribution in [1.82, 2.24) is 20.6 Å². The SMILES string of the molecule is NC(=O)CC(O)CNC(=O)NC1C=Cc2cc(-c3cc4c(F)cccc4[nH]c3=O)[nH]c2C1. The Balaban J connectivity index is 1.46. The molecule has 166 valence electrons. The molecular formula is C22H22FN5O4. The molecule has 0 radical (unpaired) electrons. The Hall–Kier alpha value is -3.92. The number of carbonyl (C=O) groups is 2. The van der Waals surface area contributed by atoms with Crippen molar-refractivity contribution in [2.45, 2.75) is 25.0 Å². The van der Waals surface area contributed by atoms with Crippen molar-refractivity contribution >= 4 is 28.9 Å². The molecule has 0 fully saturated rings. The number of aromatic amines is 2. The lowest BCUT2D eigenvalue weighted by Crippen LogP contribution is -2.45. The molecule has 1 aromatic carbocycles. The summed E-state index contributed by atoms with van der Waals surface area (Å²) in [5.74, 6) is -1.08. The van der Waals surface area contributed by atoms with Crippen LogP contribution >= 0.6 is 0 Å². The van der Waals surface area contributed by atoms with Gasteiger partial charge in [-0.15, -0.1) is 0 Å². The van der Waals surface area contributed by atoms with E-state index in [1.165, 1.54) is 18.2 Å². The van der Waals surface area contributed by atoms with Crippen LogP contribution in [0.25, 0.3) is 28.2 Å². The van der Waals surface area contributed by atoms with Gasteiger partial charge in [0.2, 0.25) is 5.91 Å². The highest BCUT2D eigenvalue weighted by Gasteiger charge is 2.20. The van der Waals surface area contributed by atoms with Crippen LogP contribution in [0, 0.1) is 5.82 Å². The van der Waals surface area contributed by atoms with Gasteiger partial charge < -0.3 is 31.4 Å². The highest BCUT2D eigenvalue weighted by atomic mass is 19.1. The number of hydrogen-bond acceptors (Lipinski definition) is 4. The fraction of sp³-hybridized carbons (Fsp3) is 0.227. The van der Waals surface area contributed by atoms with E-state index in [9.17, 15) is 23.9 Å². The molecule has 9 nitrogen and oxygen atoms in total. The summed E-state index contributed by atoms with van der Waals surface area (Å²) in [4.78, 5) is 41.3. The van der Waals surface area contributed by atoms with Gasteiger partial charge in [0.05, 0.1) is 35.3 Å². The van der Waals surface area contributed by atoms with Crippen LogP contribution in [0.3, 0.4) is 0 Å². The maximum absolute atomic E-state index is 14.2. The number of amides is 3. The molecule has 3 aromatic rings. The summed E-state index contributed by atoms with van der Waals surface area (Å²) in [7, 11) is 0. The van der Waals surface area contributed by atoms with Gasteiger partial charge in [0.1, 0.15) is 5.82 Å². The third-order valence-corrected chi connectivity index (χ3v) is 5.24. The van der Waals surface area contributed by atoms with Gasteiger partial charge in [-0.05, 0) is 29.8 Å². The van der Waals surface area contributed by atoms with Crippen molar-refractivity contribution in [2.75, 3.05) is 6.54 Å². The van der Waals surface area contributed by atoms with Gasteiger partial charge in [0.15, 0.2) is 0 Å². The first-order chi connectivity index (χ1) is 15.3. The molecule has 2 atom stereocenters. The highest BCUT2D eigenvalue weighted by molar-refractivity contribution is 5.84. The number of aliphatic hydroxyl groups excluding tert-OH is 1. The van der Waals surface area contributed by atoms with Crippen molar-refractivity contribution < 1.29 is 19.1 Å². The van der Waals surface area contributed by atoms with Crippen molar-refractivity contribution in [3.63, 3.8) is 0 Å². The first-order valence-corrected chi connectivity index (χ1v) is 10.0. The number of benzene rings is 1. The molecule has 4 rings (SSSR count). The Labute approximate surface area is 181 Å². The molecule has 2 aromatic heterocycles. The lowest BCUT2D eigenvalue weighted by Gasteiger charge is -2.19. The van der Waals surface area contributed by atoms with Crippen LogP contribution in [0.15, 0.2) is 41.2 Å². The Morgan fingerprint density at radius 1 is 1.28 bits per heavy atom. The van der Waals surface area contributed by atoms with Crippen molar-refractivity contribution in [1.29, 1.82) is 0 Å². The topological polar surface area (TPSA) is 153 Å². The lowest BCUT2D eigenvalue weighted by atomic mass is 10.0. The maximum Gasteiger partial charge on any atom is 0.315 e. The molecule has 0 spiro atoms. The minimum absolute atomic E-state index is 0.107. The van der Waals surface area contributed by atoms with E-state index in [1.807, 2.05) is 12.2 Å². The Morgan fingerprint density at radius 3 is 2.88 bits per heavy atom. The van der Waals surface area contributed by atoms with Gasteiger partial charge in [0.25, 0.3) is 5.56 Å². The first kappa shape index (κ1) is 21.3. The van der Waals surface area contributed by atoms with E-state index < -0.39 is 23.9 Å². The summed E-state index contributed by atoms with van der Waals surface area (Å²) in [6.07, 6.45) is 2.78. The second kappa shape index (κ2) is 8.67. The fourth-order valence-electron chi connectivity index (χ4n) is 3.71. The number of H-pyrrole nitrogens is 2. The van der Waals surface area contributed by atoms with Crippen molar-refractivity contribution in [2.24, 2.45) is 5.73 Å². The van der Waals surface area contributed by atoms with E-state index in [2.05, 4.69) is 20.6 Å². The number of rotatable bonds is 6. The minimum Gasteiger partial charge on any atom is -0.391 e. The van der Waals surface area contributed by atoms with Crippen LogP contribution in [0.1, 0.15) is 17.7 Å². The molecule has 1 aliphatic rings. The van der Waals surface area contributed by atoms with Crippen LogP contribution in [0.2, 0.25) is 0 Å². The largest absolute Gasteiger partial charge is 0.391 e. The number of carbonyl (C=O) groups excluding carboxylic acids is 2. The van der Waals surface area contributed by atoms with E-state index in [1.54, 1.807) is 12.1 Å². The second-order valence-corrected chi connectivity index (χ2v) is 7.68. The summed E-state index contributed by atoms with van der Waals surface area (Å²) < 4.78 is 14.2. The molecule has 0 saturated heterocycles. The third kappa shape index (κ3) is 4.54. The number of urea groups is 1. The average molecular weight is 439 g/mol. The molecule has 2 heterocycles. The van der Waals surface area contributed by atoms with Crippen molar-refractivity contribution in [3.05, 3.63) is 63.8 Å². The molecule has 3 amide bonds. The minimum atomic E-state index is -1.05. The summed E-state index contributed by atoms with van der Waals surface area (Å²) in [6.45, 7) is -0.107. The lowest BCUT2D eigenvalue weighted by molar-refractivity contribution is -0.119. The molecule has 0 saturated carbocycles. The van der Waals surface area contributed by atoms with E-state index in [0.717, 1.165) is 11.3 Å². The number of hydrogen-bond donors (Lipinski definition) is 6. The molecule has 2 unspecified atom stereocenters. The molecule has 7 N–H and O–H groups in total. The van der Waals surface area contributed by atoms with E-state index in [4.69, 9.17) is 5.73 Å². The number of primary amides is 1. The van der Waals surface area contributed by atoms with E-state index in [-0.39, 0.29) is 24.6 Å². The quantitative estimate of drug-likeness (QED) is 0.341. The number of nitrogens with one attached hydrogen (secondary N) is 4. The summed E-state index contributed by atoms with van der Waals surface area (Å²) >= 11 is 0. The zero-order chi connectivity index (χ0) is 22.8. The Kier molecular flexibility index (Phi) is 5.78. The molecular weight excluding hydrogens is 417 g/mol. The second-order valence-electron chi connectivity index (χ2n) is 7.68. The van der Waals surface area contributed by atoms with Gasteiger partial charge >= 0.3 is 6.03 Å². The number of aromatic nitrogens is 2. The van der Waals surface area contributed by atoms with E-state index >= 15 is 0 Å². The standard InChI is InChI=1S/C22H22FN5O4/c23-16-2-1-3-17-14(16)9-15(21(31)28-17)19-6-11-4-5-12(7-18(11)27-19)26-22(32)25-10-13(29)8-20(24)30/h1-6,9,12-13,27,29H,7-8,10H2,(H2,24,30)(H,28,31)(H2,25,26,32).